The van der Waals surface area contributed by atoms with Crippen LogP contribution in [-0.2, 0) is 0 Å². The smallest absolute Gasteiger partial charge is 0.255 e. The average Bonchev–Trinajstić information content (AvgIpc) is 0.806. The average molecular weight is 1760 g/mol. The van der Waals surface area contributed by atoms with Gasteiger partial charge in [0, 0.05) is 50.8 Å². The zero-order valence-corrected chi connectivity index (χ0v) is 81.3. The number of benzene rings is 6. The summed E-state index contributed by atoms with van der Waals surface area (Å²) in [6.07, 6.45) is 60.9. The zero-order valence-electron chi connectivity index (χ0n) is 81.3. The van der Waals surface area contributed by atoms with Crippen LogP contribution in [0.4, 0.5) is 34.1 Å². The molecular weight excluding hydrogens is 1580 g/mol. The van der Waals surface area contributed by atoms with Crippen molar-refractivity contribution in [2.45, 2.75) is 409 Å². The Morgan fingerprint density at radius 1 is 0.197 bits per heavy atom. The maximum absolute atomic E-state index is 14.9. The van der Waals surface area contributed by atoms with Crippen molar-refractivity contribution in [3.8, 4) is 51.7 Å². The number of nitrogens with one attached hydrogen (secondary N) is 3. The van der Waals surface area contributed by atoms with Gasteiger partial charge in [-0.25, -0.2) is 0 Å². The SMILES string of the molecule is CCCCCCCCOc1cc(C(=O)Nc2ccc(N(c3ccc(NC(=O)c4cc(OCCCCCCCC)c(OCCCCCCCC)c(OCCCCCCCC)c4)cc3)c3ccc(NC(=O)c4cc(OCCCCCCCC)c(OCCCCCCCC)c(OCCCCCCCC)c4)cc3)cc2)cc(OCCCCCCCC)c1OCCCCCCCC. The monoisotopic (exact) mass is 1760 g/mol. The van der Waals surface area contributed by atoms with Crippen LogP contribution in [0.25, 0.3) is 0 Å². The Kier molecular flexibility index (Phi) is 59.8. The topological polar surface area (TPSA) is 174 Å². The normalized spacial score (nSPS) is 11.2. The molecule has 0 saturated carbocycles. The van der Waals surface area contributed by atoms with Crippen molar-refractivity contribution >= 4 is 51.8 Å². The van der Waals surface area contributed by atoms with Gasteiger partial charge >= 0.3 is 0 Å². The molecule has 3 amide bonds. The van der Waals surface area contributed by atoms with Gasteiger partial charge in [0.2, 0.25) is 17.2 Å². The zero-order chi connectivity index (χ0) is 90.5. The summed E-state index contributed by atoms with van der Waals surface area (Å²) in [5.41, 5.74) is 5.36. The predicted molar refractivity (Wildman–Crippen MR) is 534 cm³/mol. The Bertz CT molecular complexity index is 3290. The van der Waals surface area contributed by atoms with Gasteiger partial charge in [0.05, 0.1) is 59.5 Å². The molecule has 0 aromatic heterocycles. The number of ether oxygens (including phenoxy) is 9. The number of carbonyl (C=O) groups excluding carboxylic acids is 3. The molecule has 0 fully saturated rings. The second kappa shape index (κ2) is 70.6. The van der Waals surface area contributed by atoms with Crippen molar-refractivity contribution < 1.29 is 57.0 Å². The third-order valence-electron chi connectivity index (χ3n) is 23.8. The van der Waals surface area contributed by atoms with Crippen LogP contribution in [0.2, 0.25) is 0 Å². The van der Waals surface area contributed by atoms with Gasteiger partial charge in [0.25, 0.3) is 17.7 Å². The highest BCUT2D eigenvalue weighted by Gasteiger charge is 2.25. The van der Waals surface area contributed by atoms with Gasteiger partial charge in [-0.15, -0.1) is 0 Å². The van der Waals surface area contributed by atoms with Crippen LogP contribution in [0.15, 0.2) is 109 Å². The highest BCUT2D eigenvalue weighted by molar-refractivity contribution is 6.07. The number of anilines is 6. The van der Waals surface area contributed by atoms with Crippen LogP contribution in [0.5, 0.6) is 51.7 Å². The van der Waals surface area contributed by atoms with Gasteiger partial charge in [-0.05, 0) is 167 Å². The molecule has 6 aromatic rings. The molecule has 0 unspecified atom stereocenters. The molecule has 0 atom stereocenters. The van der Waals surface area contributed by atoms with Crippen LogP contribution in [0, 0.1) is 0 Å². The van der Waals surface area contributed by atoms with E-state index >= 15 is 0 Å². The molecule has 0 heterocycles. The highest BCUT2D eigenvalue weighted by Crippen LogP contribution is 2.45. The van der Waals surface area contributed by atoms with E-state index in [-0.39, 0.29) is 17.7 Å². The molecule has 16 nitrogen and oxygen atoms in total. The Morgan fingerprint density at radius 2 is 0.339 bits per heavy atom. The molecule has 16 heteroatoms. The Morgan fingerprint density at radius 3 is 0.496 bits per heavy atom. The second-order valence-corrected chi connectivity index (χ2v) is 35.3. The lowest BCUT2D eigenvalue weighted by Gasteiger charge is -2.26. The summed E-state index contributed by atoms with van der Waals surface area (Å²) in [6, 6.07) is 34.3. The van der Waals surface area contributed by atoms with E-state index in [2.05, 4.69) is 83.2 Å². The second-order valence-electron chi connectivity index (χ2n) is 35.3. The first-order chi connectivity index (χ1) is 62.5. The quantitative estimate of drug-likeness (QED) is 0.0308. The van der Waals surface area contributed by atoms with E-state index in [0.29, 0.717) is 145 Å². The minimum absolute atomic E-state index is 0.306. The first-order valence-electron chi connectivity index (χ1n) is 51.8. The predicted octanol–water partition coefficient (Wildman–Crippen LogP) is 33.6. The maximum atomic E-state index is 14.9. The third-order valence-corrected chi connectivity index (χ3v) is 23.8. The van der Waals surface area contributed by atoms with E-state index < -0.39 is 0 Å². The summed E-state index contributed by atoms with van der Waals surface area (Å²) in [6.45, 7) is 24.7. The molecule has 0 aliphatic rings. The fourth-order valence-corrected chi connectivity index (χ4v) is 15.9. The molecule has 127 heavy (non-hydrogen) atoms. The highest BCUT2D eigenvalue weighted by atomic mass is 16.6. The van der Waals surface area contributed by atoms with Gasteiger partial charge in [-0.1, -0.05) is 351 Å². The molecule has 0 radical (unpaired) electrons. The number of carbonyl (C=O) groups is 3. The summed E-state index contributed by atoms with van der Waals surface area (Å²) < 4.78 is 59.8. The third kappa shape index (κ3) is 45.2. The minimum Gasteiger partial charge on any atom is -0.490 e. The summed E-state index contributed by atoms with van der Waals surface area (Å²) in [5.74, 6) is 3.91. The number of hydrogen-bond acceptors (Lipinski definition) is 13. The largest absolute Gasteiger partial charge is 0.490 e. The fourth-order valence-electron chi connectivity index (χ4n) is 15.9. The molecule has 0 saturated heterocycles. The van der Waals surface area contributed by atoms with Crippen molar-refractivity contribution in [2.24, 2.45) is 0 Å². The number of unbranched alkanes of at least 4 members (excludes halogenated alkanes) is 45. The summed E-state index contributed by atoms with van der Waals surface area (Å²) in [5, 5.41) is 9.69. The lowest BCUT2D eigenvalue weighted by Crippen LogP contribution is -2.15. The van der Waals surface area contributed by atoms with E-state index in [9.17, 15) is 14.4 Å². The lowest BCUT2D eigenvalue weighted by molar-refractivity contribution is 0.101. The van der Waals surface area contributed by atoms with Crippen LogP contribution in [0.3, 0.4) is 0 Å². The van der Waals surface area contributed by atoms with Crippen LogP contribution >= 0.6 is 0 Å². The van der Waals surface area contributed by atoms with Crippen molar-refractivity contribution in [3.63, 3.8) is 0 Å². The van der Waals surface area contributed by atoms with Crippen molar-refractivity contribution in [1.82, 2.24) is 0 Å². The van der Waals surface area contributed by atoms with E-state index in [4.69, 9.17) is 42.6 Å². The van der Waals surface area contributed by atoms with Gasteiger partial charge in [-0.3, -0.25) is 14.4 Å². The summed E-state index contributed by atoms with van der Waals surface area (Å²) >= 11 is 0. The molecule has 0 aliphatic heterocycles. The van der Waals surface area contributed by atoms with E-state index in [1.165, 1.54) is 193 Å². The van der Waals surface area contributed by atoms with Crippen molar-refractivity contribution in [3.05, 3.63) is 126 Å². The number of hydrogen-bond donors (Lipinski definition) is 3. The summed E-state index contributed by atoms with van der Waals surface area (Å²) in [7, 11) is 0. The van der Waals surface area contributed by atoms with Crippen LogP contribution < -0.4 is 63.5 Å². The molecule has 3 N–H and O–H groups in total. The van der Waals surface area contributed by atoms with Crippen LogP contribution in [-0.4, -0.2) is 77.2 Å². The van der Waals surface area contributed by atoms with Crippen LogP contribution in [0.1, 0.15) is 440 Å². The van der Waals surface area contributed by atoms with E-state index in [1.54, 1.807) is 0 Å². The fraction of sp³-hybridized carbons (Fsp3) is 0.649. The van der Waals surface area contributed by atoms with Crippen molar-refractivity contribution in [1.29, 1.82) is 0 Å². The van der Waals surface area contributed by atoms with Gasteiger partial charge < -0.3 is 63.5 Å². The maximum Gasteiger partial charge on any atom is 0.255 e. The number of amides is 3. The van der Waals surface area contributed by atoms with Gasteiger partial charge in [0.1, 0.15) is 0 Å². The molecule has 0 aliphatic carbocycles. The lowest BCUT2D eigenvalue weighted by atomic mass is 10.1. The van der Waals surface area contributed by atoms with E-state index in [0.717, 1.165) is 171 Å². The van der Waals surface area contributed by atoms with Gasteiger partial charge in [-0.2, -0.15) is 0 Å². The summed E-state index contributed by atoms with van der Waals surface area (Å²) in [4.78, 5) is 46.8. The molecular formula is C111H174N4O12. The molecule has 6 aromatic carbocycles. The molecule has 710 valence electrons. The molecule has 6 rings (SSSR count). The molecule has 0 bridgehead atoms. The number of nitrogens with zero attached hydrogens (tertiary/aromatic N) is 1. The van der Waals surface area contributed by atoms with E-state index in [1.807, 2.05) is 109 Å². The Hall–Kier alpha value is -8.27. The number of rotatable bonds is 81. The molecule has 0 spiro atoms. The Balaban J connectivity index is 1.39. The minimum atomic E-state index is -0.306. The van der Waals surface area contributed by atoms with Gasteiger partial charge in [0.15, 0.2) is 34.5 Å². The first-order valence-corrected chi connectivity index (χ1v) is 51.8. The Labute approximate surface area is 771 Å². The first kappa shape index (κ1) is 107. The standard InChI is InChI=1S/C111H174N4O12/c1-10-19-28-37-46-55-76-119-100-85-91(86-101(120-77-56-47-38-29-20-11-2)106(100)125-82-61-52-43-34-25-16-7)109(116)112-94-64-70-97(71-65-94)115(98-72-66-95(67-73-98)113-110(117)92-87-102(121-78-57-48-39-30-21-12-3)107(126-83-62-53-44-35-26-17-8)103(88-92)122-79-58-49-40-31-22-13-4)99-74-68-96(69-75-99)114-111(118)93-89-104(123-80-59-50-41-32-23-14-5)108(127-84-63-54-45-36-27-18-9)105(90-93)124-81-60-51-42-33-24-15-6/h64-75,85-90H,10-63,76-84H2,1-9H3,(H,112,116)(H,113,117)(H,114,118). The van der Waals surface area contributed by atoms with Crippen molar-refractivity contribution in [2.75, 3.05) is 80.3 Å².